The van der Waals surface area contributed by atoms with Gasteiger partial charge in [-0.25, -0.2) is 9.97 Å². The maximum Gasteiger partial charge on any atom is 0.158 e. The maximum atomic E-state index is 9.77. The summed E-state index contributed by atoms with van der Waals surface area (Å²) in [6.07, 6.45) is 5.02. The second-order valence-corrected chi connectivity index (χ2v) is 6.67. The lowest BCUT2D eigenvalue weighted by atomic mass is 10.2. The summed E-state index contributed by atoms with van der Waals surface area (Å²) in [6.45, 7) is 1.89. The molecule has 0 unspecified atom stereocenters. The summed E-state index contributed by atoms with van der Waals surface area (Å²) in [6, 6.07) is 7.09. The van der Waals surface area contributed by atoms with Crippen molar-refractivity contribution in [2.75, 3.05) is 5.43 Å². The molecule has 0 bridgehead atoms. The number of anilines is 1. The fourth-order valence-corrected chi connectivity index (χ4v) is 4.25. The van der Waals surface area contributed by atoms with E-state index in [4.69, 9.17) is 0 Å². The predicted molar refractivity (Wildman–Crippen MR) is 93.5 cm³/mol. The Hall–Kier alpha value is -2.47. The first-order valence-electron chi connectivity index (χ1n) is 7.58. The van der Waals surface area contributed by atoms with Crippen molar-refractivity contribution >= 4 is 33.6 Å². The molecule has 0 fully saturated rings. The Morgan fingerprint density at radius 1 is 1.26 bits per heavy atom. The molecule has 23 heavy (non-hydrogen) atoms. The average molecular weight is 324 g/mol. The molecule has 0 atom stereocenters. The third kappa shape index (κ3) is 2.55. The molecular formula is C17H16N4OS. The number of benzene rings is 1. The molecule has 5 nitrogen and oxygen atoms in total. The Morgan fingerprint density at radius 2 is 2.13 bits per heavy atom. The molecule has 0 radical (unpaired) electrons. The lowest BCUT2D eigenvalue weighted by molar-refractivity contribution is 0.474. The minimum atomic E-state index is 0.207. The third-order valence-corrected chi connectivity index (χ3v) is 5.17. The first-order chi connectivity index (χ1) is 11.2. The van der Waals surface area contributed by atoms with Gasteiger partial charge in [0.2, 0.25) is 0 Å². The summed E-state index contributed by atoms with van der Waals surface area (Å²) in [4.78, 5) is 11.5. The van der Waals surface area contributed by atoms with Crippen molar-refractivity contribution in [2.45, 2.75) is 26.2 Å². The second kappa shape index (κ2) is 5.62. The molecular weight excluding hydrogens is 308 g/mol. The molecule has 1 aliphatic rings. The van der Waals surface area contributed by atoms with Gasteiger partial charge in [0.15, 0.2) is 5.82 Å². The number of phenolic OH excluding ortho intramolecular Hbond substituents is 1. The van der Waals surface area contributed by atoms with Gasteiger partial charge in [0, 0.05) is 10.4 Å². The number of para-hydroxylation sites is 1. The van der Waals surface area contributed by atoms with Crippen LogP contribution in [0.3, 0.4) is 0 Å². The summed E-state index contributed by atoms with van der Waals surface area (Å²) < 4.78 is 0. The SMILES string of the molecule is Cc1nc(NN=Cc2ccccc2O)c2c3c(sc2n1)CCC3. The Kier molecular flexibility index (Phi) is 3.46. The van der Waals surface area contributed by atoms with Crippen molar-refractivity contribution in [3.05, 3.63) is 46.1 Å². The summed E-state index contributed by atoms with van der Waals surface area (Å²) in [5.74, 6) is 1.69. The monoisotopic (exact) mass is 324 g/mol. The van der Waals surface area contributed by atoms with Crippen molar-refractivity contribution in [1.29, 1.82) is 0 Å². The van der Waals surface area contributed by atoms with Crippen molar-refractivity contribution in [3.63, 3.8) is 0 Å². The number of thiophene rings is 1. The van der Waals surface area contributed by atoms with Gasteiger partial charge in [0.05, 0.1) is 11.6 Å². The Labute approximate surface area is 137 Å². The van der Waals surface area contributed by atoms with E-state index in [1.807, 2.05) is 19.1 Å². The van der Waals surface area contributed by atoms with E-state index in [2.05, 4.69) is 20.5 Å². The highest BCUT2D eigenvalue weighted by molar-refractivity contribution is 7.19. The molecule has 0 saturated heterocycles. The molecule has 0 spiro atoms. The van der Waals surface area contributed by atoms with Crippen molar-refractivity contribution in [2.24, 2.45) is 5.10 Å². The number of aromatic hydroxyl groups is 1. The fourth-order valence-electron chi connectivity index (χ4n) is 2.94. The molecule has 2 heterocycles. The van der Waals surface area contributed by atoms with Crippen LogP contribution in [0.2, 0.25) is 0 Å². The summed E-state index contributed by atoms with van der Waals surface area (Å²) in [5.41, 5.74) is 5.06. The van der Waals surface area contributed by atoms with E-state index in [-0.39, 0.29) is 5.75 Å². The van der Waals surface area contributed by atoms with Crippen molar-refractivity contribution < 1.29 is 5.11 Å². The summed E-state index contributed by atoms with van der Waals surface area (Å²) >= 11 is 1.76. The second-order valence-electron chi connectivity index (χ2n) is 5.59. The highest BCUT2D eigenvalue weighted by Crippen LogP contribution is 2.39. The van der Waals surface area contributed by atoms with Gasteiger partial charge in [-0.3, -0.25) is 5.43 Å². The van der Waals surface area contributed by atoms with Gasteiger partial charge in [-0.05, 0) is 43.9 Å². The van der Waals surface area contributed by atoms with Gasteiger partial charge in [-0.2, -0.15) is 5.10 Å². The van der Waals surface area contributed by atoms with E-state index in [0.717, 1.165) is 34.7 Å². The normalized spacial score (nSPS) is 13.8. The van der Waals surface area contributed by atoms with Gasteiger partial charge in [-0.15, -0.1) is 11.3 Å². The third-order valence-electron chi connectivity index (χ3n) is 3.99. The molecule has 2 aromatic heterocycles. The average Bonchev–Trinajstić information content (AvgIpc) is 3.09. The molecule has 0 saturated carbocycles. The fraction of sp³-hybridized carbons (Fsp3) is 0.235. The van der Waals surface area contributed by atoms with Crippen LogP contribution in [0.15, 0.2) is 29.4 Å². The van der Waals surface area contributed by atoms with E-state index in [1.165, 1.54) is 16.9 Å². The first-order valence-corrected chi connectivity index (χ1v) is 8.40. The number of aromatic nitrogens is 2. The maximum absolute atomic E-state index is 9.77. The first kappa shape index (κ1) is 14.1. The van der Waals surface area contributed by atoms with Gasteiger partial charge in [-0.1, -0.05) is 12.1 Å². The number of fused-ring (bicyclic) bond motifs is 3. The van der Waals surface area contributed by atoms with Gasteiger partial charge < -0.3 is 5.11 Å². The zero-order chi connectivity index (χ0) is 15.8. The van der Waals surface area contributed by atoms with Crippen molar-refractivity contribution in [1.82, 2.24) is 9.97 Å². The molecule has 0 amide bonds. The number of aryl methyl sites for hydroxylation is 3. The van der Waals surface area contributed by atoms with Crippen LogP contribution in [0.4, 0.5) is 5.82 Å². The zero-order valence-electron chi connectivity index (χ0n) is 12.7. The van der Waals surface area contributed by atoms with Gasteiger partial charge in [0.25, 0.3) is 0 Å². The lowest BCUT2D eigenvalue weighted by Gasteiger charge is -2.05. The highest BCUT2D eigenvalue weighted by Gasteiger charge is 2.21. The van der Waals surface area contributed by atoms with E-state index >= 15 is 0 Å². The van der Waals surface area contributed by atoms with E-state index in [0.29, 0.717) is 5.56 Å². The van der Waals surface area contributed by atoms with Crippen LogP contribution in [-0.2, 0) is 12.8 Å². The van der Waals surface area contributed by atoms with Gasteiger partial charge in [0.1, 0.15) is 16.4 Å². The number of hydrogen-bond donors (Lipinski definition) is 2. The molecule has 0 aliphatic heterocycles. The van der Waals surface area contributed by atoms with Crippen LogP contribution in [0.5, 0.6) is 5.75 Å². The molecule has 2 N–H and O–H groups in total. The molecule has 6 heteroatoms. The predicted octanol–water partition coefficient (Wildman–Crippen LogP) is 3.64. The number of nitrogens with zero attached hydrogens (tertiary/aromatic N) is 3. The Bertz CT molecular complexity index is 916. The number of hydrazone groups is 1. The molecule has 3 aromatic rings. The van der Waals surface area contributed by atoms with Crippen LogP contribution in [-0.4, -0.2) is 21.3 Å². The van der Waals surface area contributed by atoms with Gasteiger partial charge >= 0.3 is 0 Å². The van der Waals surface area contributed by atoms with Crippen LogP contribution < -0.4 is 5.43 Å². The van der Waals surface area contributed by atoms with Crippen LogP contribution in [0.25, 0.3) is 10.2 Å². The van der Waals surface area contributed by atoms with E-state index in [9.17, 15) is 5.11 Å². The Morgan fingerprint density at radius 3 is 3.00 bits per heavy atom. The quantitative estimate of drug-likeness (QED) is 0.570. The minimum absolute atomic E-state index is 0.207. The standard InChI is InChI=1S/C17H16N4OS/c1-10-19-16(21-18-9-11-5-2-3-7-13(11)22)15-12-6-4-8-14(12)23-17(15)20-10/h2-3,5,7,9,22H,4,6,8H2,1H3,(H,19,20,21). The summed E-state index contributed by atoms with van der Waals surface area (Å²) in [7, 11) is 0. The zero-order valence-corrected chi connectivity index (χ0v) is 13.5. The number of hydrogen-bond acceptors (Lipinski definition) is 6. The molecule has 1 aromatic carbocycles. The molecule has 116 valence electrons. The van der Waals surface area contributed by atoms with Crippen LogP contribution >= 0.6 is 11.3 Å². The van der Waals surface area contributed by atoms with Crippen LogP contribution in [0.1, 0.15) is 28.2 Å². The van der Waals surface area contributed by atoms with Crippen molar-refractivity contribution in [3.8, 4) is 5.75 Å². The number of phenols is 1. The largest absolute Gasteiger partial charge is 0.507 e. The summed E-state index contributed by atoms with van der Waals surface area (Å²) in [5, 5.41) is 15.1. The number of nitrogens with one attached hydrogen (secondary N) is 1. The minimum Gasteiger partial charge on any atom is -0.507 e. The highest BCUT2D eigenvalue weighted by atomic mass is 32.1. The Balaban J connectivity index is 1.70. The van der Waals surface area contributed by atoms with E-state index in [1.54, 1.807) is 29.7 Å². The van der Waals surface area contributed by atoms with E-state index < -0.39 is 0 Å². The smallest absolute Gasteiger partial charge is 0.158 e. The topological polar surface area (TPSA) is 70.4 Å². The molecule has 4 rings (SSSR count). The number of rotatable bonds is 3. The lowest BCUT2D eigenvalue weighted by Crippen LogP contribution is -1.98. The van der Waals surface area contributed by atoms with Crippen LogP contribution in [0, 0.1) is 6.92 Å². The molecule has 1 aliphatic carbocycles.